The molecule has 0 aromatic heterocycles. The highest BCUT2D eigenvalue weighted by molar-refractivity contribution is 5.84. The normalized spacial score (nSPS) is 32.7. The van der Waals surface area contributed by atoms with Gasteiger partial charge in [-0.05, 0) is 18.8 Å². The Morgan fingerprint density at radius 2 is 2.33 bits per heavy atom. The molecule has 2 rings (SSSR count). The van der Waals surface area contributed by atoms with Crippen LogP contribution in [0.25, 0.3) is 0 Å². The van der Waals surface area contributed by atoms with E-state index < -0.39 is 0 Å². The maximum absolute atomic E-state index is 12.1. The van der Waals surface area contributed by atoms with E-state index >= 15 is 0 Å². The minimum atomic E-state index is 0.00641. The number of rotatable bonds is 2. The van der Waals surface area contributed by atoms with E-state index in [1.807, 2.05) is 4.90 Å². The molecule has 2 heterocycles. The molecule has 4 nitrogen and oxygen atoms in total. The third-order valence-electron chi connectivity index (χ3n) is 3.27. The van der Waals surface area contributed by atoms with Crippen molar-refractivity contribution in [1.29, 1.82) is 0 Å². The Labute approximate surface area is 91.0 Å². The molecule has 0 radical (unpaired) electrons. The smallest absolute Gasteiger partial charge is 0.241 e. The van der Waals surface area contributed by atoms with E-state index in [2.05, 4.69) is 19.2 Å². The van der Waals surface area contributed by atoms with Gasteiger partial charge in [0.25, 0.3) is 0 Å². The molecule has 2 atom stereocenters. The van der Waals surface area contributed by atoms with Crippen LogP contribution in [-0.4, -0.2) is 42.8 Å². The lowest BCUT2D eigenvalue weighted by Crippen LogP contribution is -2.44. The number of amides is 1. The molecule has 0 saturated carbocycles. The molecule has 0 aliphatic carbocycles. The number of carbonyl (C=O) groups is 1. The van der Waals surface area contributed by atoms with Crippen molar-refractivity contribution in [2.24, 2.45) is 5.92 Å². The monoisotopic (exact) mass is 212 g/mol. The molecule has 2 aliphatic heterocycles. The number of carbonyl (C=O) groups excluding carboxylic acids is 1. The van der Waals surface area contributed by atoms with Gasteiger partial charge in [0.15, 0.2) is 0 Å². The van der Waals surface area contributed by atoms with Gasteiger partial charge in [-0.25, -0.2) is 0 Å². The number of hydrogen-bond acceptors (Lipinski definition) is 3. The lowest BCUT2D eigenvalue weighted by Gasteiger charge is -2.30. The summed E-state index contributed by atoms with van der Waals surface area (Å²) in [6, 6.07) is 0.300. The SMILES string of the molecule is CC(C)C1NCN(C2CCCOC2)C1=O. The molecule has 0 aromatic carbocycles. The molecule has 86 valence electrons. The van der Waals surface area contributed by atoms with E-state index in [1.165, 1.54) is 0 Å². The van der Waals surface area contributed by atoms with Gasteiger partial charge in [0.2, 0.25) is 5.91 Å². The van der Waals surface area contributed by atoms with Gasteiger partial charge in [-0.1, -0.05) is 13.8 Å². The summed E-state index contributed by atoms with van der Waals surface area (Å²) in [6.07, 6.45) is 2.15. The van der Waals surface area contributed by atoms with Crippen LogP contribution in [-0.2, 0) is 9.53 Å². The molecule has 1 N–H and O–H groups in total. The van der Waals surface area contributed by atoms with E-state index in [-0.39, 0.29) is 11.9 Å². The van der Waals surface area contributed by atoms with Gasteiger partial charge in [0, 0.05) is 6.61 Å². The molecule has 2 aliphatic rings. The van der Waals surface area contributed by atoms with E-state index in [0.29, 0.717) is 25.2 Å². The predicted molar refractivity (Wildman–Crippen MR) is 57.3 cm³/mol. The Morgan fingerprint density at radius 1 is 1.53 bits per heavy atom. The van der Waals surface area contributed by atoms with Crippen molar-refractivity contribution in [3.8, 4) is 0 Å². The first-order valence-corrected chi connectivity index (χ1v) is 5.81. The van der Waals surface area contributed by atoms with Crippen LogP contribution >= 0.6 is 0 Å². The van der Waals surface area contributed by atoms with Crippen molar-refractivity contribution in [3.63, 3.8) is 0 Å². The van der Waals surface area contributed by atoms with Crippen LogP contribution < -0.4 is 5.32 Å². The quantitative estimate of drug-likeness (QED) is 0.728. The molecule has 1 amide bonds. The molecule has 0 bridgehead atoms. The third-order valence-corrected chi connectivity index (χ3v) is 3.27. The second-order valence-corrected chi connectivity index (χ2v) is 4.76. The topological polar surface area (TPSA) is 41.6 Å². The van der Waals surface area contributed by atoms with E-state index in [4.69, 9.17) is 4.74 Å². The fraction of sp³-hybridized carbons (Fsp3) is 0.909. The number of nitrogens with zero attached hydrogens (tertiary/aromatic N) is 1. The van der Waals surface area contributed by atoms with Gasteiger partial charge in [0.1, 0.15) is 0 Å². The summed E-state index contributed by atoms with van der Waals surface area (Å²) in [5, 5.41) is 3.27. The zero-order valence-electron chi connectivity index (χ0n) is 9.53. The third kappa shape index (κ3) is 2.16. The van der Waals surface area contributed by atoms with Gasteiger partial charge in [0.05, 0.1) is 25.4 Å². The highest BCUT2D eigenvalue weighted by atomic mass is 16.5. The Bertz CT molecular complexity index is 237. The van der Waals surface area contributed by atoms with Crippen molar-refractivity contribution < 1.29 is 9.53 Å². The largest absolute Gasteiger partial charge is 0.379 e. The first-order valence-electron chi connectivity index (χ1n) is 5.81. The number of ether oxygens (including phenoxy) is 1. The number of nitrogens with one attached hydrogen (secondary N) is 1. The van der Waals surface area contributed by atoms with Gasteiger partial charge in [-0.3, -0.25) is 10.1 Å². The molecule has 15 heavy (non-hydrogen) atoms. The van der Waals surface area contributed by atoms with Crippen LogP contribution in [0.2, 0.25) is 0 Å². The maximum atomic E-state index is 12.1. The first kappa shape index (κ1) is 10.9. The molecule has 2 saturated heterocycles. The maximum Gasteiger partial charge on any atom is 0.241 e. The van der Waals surface area contributed by atoms with Crippen LogP contribution in [0.4, 0.5) is 0 Å². The zero-order chi connectivity index (χ0) is 10.8. The average molecular weight is 212 g/mol. The fourth-order valence-electron chi connectivity index (χ4n) is 2.34. The Hall–Kier alpha value is -0.610. The van der Waals surface area contributed by atoms with Gasteiger partial charge >= 0.3 is 0 Å². The number of hydrogen-bond donors (Lipinski definition) is 1. The predicted octanol–water partition coefficient (Wildman–Crippen LogP) is 0.579. The molecule has 0 spiro atoms. The molecule has 4 heteroatoms. The fourth-order valence-corrected chi connectivity index (χ4v) is 2.34. The minimum Gasteiger partial charge on any atom is -0.379 e. The van der Waals surface area contributed by atoms with Crippen LogP contribution in [0.15, 0.2) is 0 Å². The summed E-state index contributed by atoms with van der Waals surface area (Å²) in [5.41, 5.74) is 0. The highest BCUT2D eigenvalue weighted by Gasteiger charge is 2.37. The molecule has 2 fully saturated rings. The Balaban J connectivity index is 1.96. The summed E-state index contributed by atoms with van der Waals surface area (Å²) in [5.74, 6) is 0.618. The van der Waals surface area contributed by atoms with E-state index in [0.717, 1.165) is 19.4 Å². The van der Waals surface area contributed by atoms with Crippen molar-refractivity contribution >= 4 is 5.91 Å². The van der Waals surface area contributed by atoms with Gasteiger partial charge < -0.3 is 9.64 Å². The minimum absolute atomic E-state index is 0.00641. The second-order valence-electron chi connectivity index (χ2n) is 4.76. The van der Waals surface area contributed by atoms with Crippen LogP contribution in [0.1, 0.15) is 26.7 Å². The van der Waals surface area contributed by atoms with Crippen molar-refractivity contribution in [1.82, 2.24) is 10.2 Å². The lowest BCUT2D eigenvalue weighted by atomic mass is 10.0. The molecular formula is C11H20N2O2. The molecular weight excluding hydrogens is 192 g/mol. The molecule has 2 unspecified atom stereocenters. The summed E-state index contributed by atoms with van der Waals surface area (Å²) in [7, 11) is 0. The summed E-state index contributed by atoms with van der Waals surface area (Å²) < 4.78 is 5.42. The van der Waals surface area contributed by atoms with E-state index in [9.17, 15) is 4.79 Å². The summed E-state index contributed by atoms with van der Waals surface area (Å²) in [4.78, 5) is 14.0. The lowest BCUT2D eigenvalue weighted by molar-refractivity contribution is -0.134. The van der Waals surface area contributed by atoms with Crippen molar-refractivity contribution in [2.75, 3.05) is 19.9 Å². The average Bonchev–Trinajstić information content (AvgIpc) is 2.61. The zero-order valence-corrected chi connectivity index (χ0v) is 9.53. The standard InChI is InChI=1S/C11H20N2O2/c1-8(2)10-11(14)13(7-12-10)9-4-3-5-15-6-9/h8-10,12H,3-7H2,1-2H3. The van der Waals surface area contributed by atoms with Crippen molar-refractivity contribution in [3.05, 3.63) is 0 Å². The van der Waals surface area contributed by atoms with Gasteiger partial charge in [-0.2, -0.15) is 0 Å². The Morgan fingerprint density at radius 3 is 2.87 bits per heavy atom. The van der Waals surface area contributed by atoms with Gasteiger partial charge in [-0.15, -0.1) is 0 Å². The van der Waals surface area contributed by atoms with Crippen LogP contribution in [0.5, 0.6) is 0 Å². The van der Waals surface area contributed by atoms with Crippen LogP contribution in [0, 0.1) is 5.92 Å². The summed E-state index contributed by atoms with van der Waals surface area (Å²) in [6.45, 7) is 6.40. The first-order chi connectivity index (χ1) is 7.20. The van der Waals surface area contributed by atoms with E-state index in [1.54, 1.807) is 0 Å². The highest BCUT2D eigenvalue weighted by Crippen LogP contribution is 2.19. The Kier molecular flexibility index (Phi) is 3.26. The summed E-state index contributed by atoms with van der Waals surface area (Å²) >= 11 is 0. The second kappa shape index (κ2) is 4.49. The molecule has 0 aromatic rings. The van der Waals surface area contributed by atoms with Crippen molar-refractivity contribution in [2.45, 2.75) is 38.8 Å². The van der Waals surface area contributed by atoms with Crippen LogP contribution in [0.3, 0.4) is 0 Å².